The first-order chi connectivity index (χ1) is 8.25. The van der Waals surface area contributed by atoms with E-state index in [4.69, 9.17) is 0 Å². The van der Waals surface area contributed by atoms with E-state index in [0.717, 1.165) is 24.6 Å². The molecule has 2 rings (SSSR count). The lowest BCUT2D eigenvalue weighted by atomic mass is 10.0. The lowest BCUT2D eigenvalue weighted by Gasteiger charge is -2.10. The van der Waals surface area contributed by atoms with Gasteiger partial charge in [0.1, 0.15) is 5.82 Å². The molecule has 0 amide bonds. The molecule has 0 heterocycles. The SMILES string of the molecule is Fc1ccc(CNCCC2CCCC2)cc1Br. The van der Waals surface area contributed by atoms with Crippen LogP contribution in [0.5, 0.6) is 0 Å². The highest BCUT2D eigenvalue weighted by molar-refractivity contribution is 9.10. The molecule has 0 atom stereocenters. The lowest BCUT2D eigenvalue weighted by Crippen LogP contribution is -2.17. The molecule has 0 aromatic heterocycles. The van der Waals surface area contributed by atoms with Gasteiger partial charge in [0.25, 0.3) is 0 Å². The summed E-state index contributed by atoms with van der Waals surface area (Å²) in [6, 6.07) is 5.19. The van der Waals surface area contributed by atoms with Crippen molar-refractivity contribution >= 4 is 15.9 Å². The third-order valence-corrected chi connectivity index (χ3v) is 4.12. The molecule has 0 saturated heterocycles. The number of rotatable bonds is 5. The van der Waals surface area contributed by atoms with Crippen molar-refractivity contribution < 1.29 is 4.39 Å². The topological polar surface area (TPSA) is 12.0 Å². The summed E-state index contributed by atoms with van der Waals surface area (Å²) in [6.07, 6.45) is 6.92. The number of hydrogen-bond acceptors (Lipinski definition) is 1. The molecule has 3 heteroatoms. The third kappa shape index (κ3) is 4.07. The van der Waals surface area contributed by atoms with Gasteiger partial charge in [0.05, 0.1) is 4.47 Å². The van der Waals surface area contributed by atoms with Crippen LogP contribution < -0.4 is 5.32 Å². The average Bonchev–Trinajstić information content (AvgIpc) is 2.82. The van der Waals surface area contributed by atoms with Crippen LogP contribution in [0.3, 0.4) is 0 Å². The molecule has 1 nitrogen and oxygen atoms in total. The highest BCUT2D eigenvalue weighted by Crippen LogP contribution is 2.26. The fourth-order valence-electron chi connectivity index (χ4n) is 2.49. The van der Waals surface area contributed by atoms with Gasteiger partial charge >= 0.3 is 0 Å². The minimum absolute atomic E-state index is 0.195. The monoisotopic (exact) mass is 299 g/mol. The predicted molar refractivity (Wildman–Crippen MR) is 72.4 cm³/mol. The molecule has 1 fully saturated rings. The van der Waals surface area contributed by atoms with Gasteiger partial charge < -0.3 is 5.32 Å². The normalized spacial score (nSPS) is 16.6. The van der Waals surface area contributed by atoms with Crippen LogP contribution in [0.1, 0.15) is 37.7 Å². The van der Waals surface area contributed by atoms with Gasteiger partial charge in [-0.2, -0.15) is 0 Å². The summed E-state index contributed by atoms with van der Waals surface area (Å²) in [7, 11) is 0. The van der Waals surface area contributed by atoms with Crippen LogP contribution in [-0.2, 0) is 6.54 Å². The van der Waals surface area contributed by atoms with E-state index in [1.165, 1.54) is 38.2 Å². The van der Waals surface area contributed by atoms with Crippen LogP contribution >= 0.6 is 15.9 Å². The lowest BCUT2D eigenvalue weighted by molar-refractivity contribution is 0.477. The summed E-state index contributed by atoms with van der Waals surface area (Å²) in [4.78, 5) is 0. The predicted octanol–water partition coefficient (Wildman–Crippen LogP) is 4.26. The van der Waals surface area contributed by atoms with Crippen molar-refractivity contribution in [2.75, 3.05) is 6.54 Å². The summed E-state index contributed by atoms with van der Waals surface area (Å²) in [6.45, 7) is 1.89. The van der Waals surface area contributed by atoms with Gasteiger partial charge in [-0.3, -0.25) is 0 Å². The molecule has 1 aromatic carbocycles. The van der Waals surface area contributed by atoms with E-state index >= 15 is 0 Å². The molecule has 0 aliphatic heterocycles. The second-order valence-corrected chi connectivity index (χ2v) is 5.72. The van der Waals surface area contributed by atoms with Crippen molar-refractivity contribution in [3.63, 3.8) is 0 Å². The zero-order chi connectivity index (χ0) is 12.1. The fraction of sp³-hybridized carbons (Fsp3) is 0.571. The van der Waals surface area contributed by atoms with Crippen LogP contribution in [0, 0.1) is 11.7 Å². The Bertz CT molecular complexity index is 361. The Morgan fingerprint density at radius 2 is 2.06 bits per heavy atom. The third-order valence-electron chi connectivity index (χ3n) is 3.52. The van der Waals surface area contributed by atoms with Gasteiger partial charge in [0.2, 0.25) is 0 Å². The van der Waals surface area contributed by atoms with E-state index < -0.39 is 0 Å². The van der Waals surface area contributed by atoms with Gasteiger partial charge in [0, 0.05) is 6.54 Å². The second-order valence-electron chi connectivity index (χ2n) is 4.86. The first-order valence-electron chi connectivity index (χ1n) is 6.40. The van der Waals surface area contributed by atoms with E-state index in [1.54, 1.807) is 0 Å². The Balaban J connectivity index is 1.68. The maximum absolute atomic E-state index is 13.0. The van der Waals surface area contributed by atoms with Crippen LogP contribution in [0.25, 0.3) is 0 Å². The van der Waals surface area contributed by atoms with Gasteiger partial charge in [-0.15, -0.1) is 0 Å². The smallest absolute Gasteiger partial charge is 0.137 e. The minimum Gasteiger partial charge on any atom is -0.313 e. The van der Waals surface area contributed by atoms with Crippen LogP contribution in [0.4, 0.5) is 4.39 Å². The molecule has 1 N–H and O–H groups in total. The zero-order valence-electron chi connectivity index (χ0n) is 10.0. The molecular weight excluding hydrogens is 281 g/mol. The molecule has 1 aliphatic carbocycles. The summed E-state index contributed by atoms with van der Waals surface area (Å²) < 4.78 is 13.6. The highest BCUT2D eigenvalue weighted by atomic mass is 79.9. The minimum atomic E-state index is -0.195. The van der Waals surface area contributed by atoms with Crippen molar-refractivity contribution in [3.8, 4) is 0 Å². The molecular formula is C14H19BrFN. The molecule has 0 radical (unpaired) electrons. The van der Waals surface area contributed by atoms with Crippen LogP contribution in [-0.4, -0.2) is 6.54 Å². The number of benzene rings is 1. The van der Waals surface area contributed by atoms with Crippen molar-refractivity contribution in [2.24, 2.45) is 5.92 Å². The fourth-order valence-corrected chi connectivity index (χ4v) is 2.91. The highest BCUT2D eigenvalue weighted by Gasteiger charge is 2.13. The molecule has 0 bridgehead atoms. The van der Waals surface area contributed by atoms with E-state index in [1.807, 2.05) is 12.1 Å². The van der Waals surface area contributed by atoms with Gasteiger partial charge in [-0.05, 0) is 52.5 Å². The summed E-state index contributed by atoms with van der Waals surface area (Å²) in [5, 5.41) is 3.43. The Hall–Kier alpha value is -0.410. The van der Waals surface area contributed by atoms with Crippen molar-refractivity contribution in [1.29, 1.82) is 0 Å². The summed E-state index contributed by atoms with van der Waals surface area (Å²) in [5.41, 5.74) is 1.13. The Morgan fingerprint density at radius 1 is 1.29 bits per heavy atom. The maximum atomic E-state index is 13.0. The van der Waals surface area contributed by atoms with Gasteiger partial charge in [0.15, 0.2) is 0 Å². The van der Waals surface area contributed by atoms with E-state index in [9.17, 15) is 4.39 Å². The zero-order valence-corrected chi connectivity index (χ0v) is 11.6. The van der Waals surface area contributed by atoms with Gasteiger partial charge in [-0.25, -0.2) is 4.39 Å². The molecule has 94 valence electrons. The first-order valence-corrected chi connectivity index (χ1v) is 7.19. The van der Waals surface area contributed by atoms with Crippen molar-refractivity contribution in [1.82, 2.24) is 5.32 Å². The number of nitrogens with one attached hydrogen (secondary N) is 1. The van der Waals surface area contributed by atoms with E-state index in [-0.39, 0.29) is 5.82 Å². The quantitative estimate of drug-likeness (QED) is 0.801. The van der Waals surface area contributed by atoms with Crippen LogP contribution in [0.15, 0.2) is 22.7 Å². The maximum Gasteiger partial charge on any atom is 0.137 e. The molecule has 1 saturated carbocycles. The van der Waals surface area contributed by atoms with E-state index in [2.05, 4.69) is 21.2 Å². The van der Waals surface area contributed by atoms with Crippen LogP contribution in [0.2, 0.25) is 0 Å². The van der Waals surface area contributed by atoms with Gasteiger partial charge in [-0.1, -0.05) is 31.7 Å². The molecule has 0 unspecified atom stereocenters. The number of hydrogen-bond donors (Lipinski definition) is 1. The largest absolute Gasteiger partial charge is 0.313 e. The summed E-state index contributed by atoms with van der Waals surface area (Å²) in [5.74, 6) is 0.738. The average molecular weight is 300 g/mol. The molecule has 1 aliphatic rings. The standard InChI is InChI=1S/C14H19BrFN/c15-13-9-12(5-6-14(13)16)10-17-8-7-11-3-1-2-4-11/h5-6,9,11,17H,1-4,7-8,10H2. The van der Waals surface area contributed by atoms with Crippen molar-refractivity contribution in [3.05, 3.63) is 34.1 Å². The molecule has 1 aromatic rings. The Kier molecular flexibility index (Phi) is 4.99. The molecule has 0 spiro atoms. The van der Waals surface area contributed by atoms with Crippen molar-refractivity contribution in [2.45, 2.75) is 38.6 Å². The Labute approximate surface area is 111 Å². The Morgan fingerprint density at radius 3 is 2.76 bits per heavy atom. The molecule has 17 heavy (non-hydrogen) atoms. The number of halogens is 2. The van der Waals surface area contributed by atoms with E-state index in [0.29, 0.717) is 4.47 Å². The summed E-state index contributed by atoms with van der Waals surface area (Å²) >= 11 is 3.21. The first kappa shape index (κ1) is 13.0. The second kappa shape index (κ2) is 6.50.